The molecule has 2 aliphatic heterocycles. The van der Waals surface area contributed by atoms with Gasteiger partial charge in [-0.3, -0.25) is 9.78 Å². The first kappa shape index (κ1) is 20.6. The van der Waals surface area contributed by atoms with Crippen LogP contribution in [0.2, 0.25) is 0 Å². The number of aromatic nitrogens is 3. The first-order chi connectivity index (χ1) is 16.0. The normalized spacial score (nSPS) is 24.6. The number of hydrogen-bond donors (Lipinski definition) is 2. The highest BCUT2D eigenvalue weighted by Gasteiger charge is 2.33. The first-order valence-electron chi connectivity index (χ1n) is 11.8. The number of piperidine rings is 1. The second kappa shape index (κ2) is 8.11. The van der Waals surface area contributed by atoms with Crippen LogP contribution >= 0.6 is 0 Å². The topological polar surface area (TPSA) is 89.8 Å². The van der Waals surface area contributed by atoms with Crippen LogP contribution in [-0.2, 0) is 9.53 Å². The van der Waals surface area contributed by atoms with Gasteiger partial charge in [-0.15, -0.1) is 5.10 Å². The van der Waals surface area contributed by atoms with Gasteiger partial charge in [-0.1, -0.05) is 0 Å². The molecule has 2 saturated heterocycles. The number of hydrogen-bond acceptors (Lipinski definition) is 6. The van der Waals surface area contributed by atoms with Gasteiger partial charge in [0.1, 0.15) is 11.9 Å². The lowest BCUT2D eigenvalue weighted by atomic mass is 9.94. The molecule has 8 heteroatoms. The van der Waals surface area contributed by atoms with Crippen LogP contribution < -0.4 is 15.4 Å². The lowest BCUT2D eigenvalue weighted by Crippen LogP contribution is -2.56. The number of anilines is 1. The third-order valence-corrected chi connectivity index (χ3v) is 6.88. The fourth-order valence-electron chi connectivity index (χ4n) is 4.94. The highest BCUT2D eigenvalue weighted by molar-refractivity contribution is 5.95. The summed E-state index contributed by atoms with van der Waals surface area (Å²) < 4.78 is 14.0. The monoisotopic (exact) mass is 447 g/mol. The quantitative estimate of drug-likeness (QED) is 0.624. The summed E-state index contributed by atoms with van der Waals surface area (Å²) >= 11 is 0. The van der Waals surface area contributed by atoms with Crippen LogP contribution in [0.4, 0.5) is 5.82 Å². The van der Waals surface area contributed by atoms with E-state index in [-0.39, 0.29) is 17.9 Å². The number of ether oxygens (including phenoxy) is 2. The molecule has 2 N–H and O–H groups in total. The zero-order valence-electron chi connectivity index (χ0n) is 19.0. The molecule has 3 aromatic rings. The number of pyridine rings is 2. The molecule has 1 aliphatic carbocycles. The highest BCUT2D eigenvalue weighted by atomic mass is 16.5. The van der Waals surface area contributed by atoms with Crippen molar-refractivity contribution < 1.29 is 14.3 Å². The zero-order valence-corrected chi connectivity index (χ0v) is 19.0. The van der Waals surface area contributed by atoms with E-state index < -0.39 is 0 Å². The molecule has 2 unspecified atom stereocenters. The van der Waals surface area contributed by atoms with E-state index in [9.17, 15) is 4.79 Å². The maximum Gasteiger partial charge on any atom is 0.228 e. The van der Waals surface area contributed by atoms with Gasteiger partial charge < -0.3 is 20.1 Å². The van der Waals surface area contributed by atoms with Crippen molar-refractivity contribution in [2.75, 3.05) is 18.5 Å². The Bertz CT molecular complexity index is 1210. The van der Waals surface area contributed by atoms with Gasteiger partial charge in [-0.25, -0.2) is 4.52 Å². The molecule has 0 radical (unpaired) electrons. The van der Waals surface area contributed by atoms with Crippen LogP contribution in [-0.4, -0.2) is 51.9 Å². The maximum absolute atomic E-state index is 12.2. The smallest absolute Gasteiger partial charge is 0.228 e. The Morgan fingerprint density at radius 1 is 1.21 bits per heavy atom. The third kappa shape index (κ3) is 4.09. The van der Waals surface area contributed by atoms with E-state index in [4.69, 9.17) is 9.47 Å². The van der Waals surface area contributed by atoms with Crippen LogP contribution in [0.3, 0.4) is 0 Å². The van der Waals surface area contributed by atoms with Crippen molar-refractivity contribution in [3.8, 4) is 16.9 Å². The molecule has 172 valence electrons. The van der Waals surface area contributed by atoms with Crippen LogP contribution in [0, 0.1) is 19.8 Å². The fourth-order valence-corrected chi connectivity index (χ4v) is 4.94. The predicted octanol–water partition coefficient (Wildman–Crippen LogP) is 3.26. The number of carbonyl (C=O) groups excluding carboxylic acids is 1. The number of nitrogens with one attached hydrogen (secondary N) is 2. The van der Waals surface area contributed by atoms with Gasteiger partial charge >= 0.3 is 0 Å². The van der Waals surface area contributed by atoms with E-state index in [0.29, 0.717) is 17.9 Å². The number of carbonyl (C=O) groups is 1. The Kier molecular flexibility index (Phi) is 5.07. The van der Waals surface area contributed by atoms with E-state index in [0.717, 1.165) is 72.5 Å². The minimum absolute atomic E-state index is 0.0688. The highest BCUT2D eigenvalue weighted by Crippen LogP contribution is 2.35. The molecule has 1 amide bonds. The lowest BCUT2D eigenvalue weighted by Gasteiger charge is -2.40. The molecule has 8 nitrogen and oxygen atoms in total. The number of fused-ring (bicyclic) bond motifs is 3. The minimum atomic E-state index is 0.0688. The molecule has 6 rings (SSSR count). The molecule has 3 aliphatic rings. The van der Waals surface area contributed by atoms with Gasteiger partial charge in [0, 0.05) is 53.9 Å². The Hall–Kier alpha value is -2.97. The van der Waals surface area contributed by atoms with Gasteiger partial charge in [0.25, 0.3) is 0 Å². The molecule has 2 bridgehead atoms. The van der Waals surface area contributed by atoms with E-state index >= 15 is 0 Å². The Morgan fingerprint density at radius 3 is 2.76 bits per heavy atom. The van der Waals surface area contributed by atoms with Crippen molar-refractivity contribution in [3.05, 3.63) is 41.9 Å². The van der Waals surface area contributed by atoms with Crippen molar-refractivity contribution in [1.29, 1.82) is 0 Å². The average Bonchev–Trinajstić information content (AvgIpc) is 3.61. The minimum Gasteiger partial charge on any atom is -0.488 e. The number of nitrogens with zero attached hydrogens (tertiary/aromatic N) is 3. The van der Waals surface area contributed by atoms with Crippen molar-refractivity contribution in [2.45, 2.75) is 57.7 Å². The summed E-state index contributed by atoms with van der Waals surface area (Å²) in [6.07, 6.45) is 7.71. The van der Waals surface area contributed by atoms with Gasteiger partial charge in [-0.05, 0) is 50.5 Å². The van der Waals surface area contributed by atoms with Gasteiger partial charge in [0.05, 0.1) is 24.9 Å². The molecule has 2 atom stereocenters. The predicted molar refractivity (Wildman–Crippen MR) is 124 cm³/mol. The molecule has 3 aromatic heterocycles. The van der Waals surface area contributed by atoms with Crippen molar-refractivity contribution >= 4 is 17.2 Å². The second-order valence-electron chi connectivity index (χ2n) is 9.61. The van der Waals surface area contributed by atoms with Crippen LogP contribution in [0.15, 0.2) is 30.6 Å². The summed E-state index contributed by atoms with van der Waals surface area (Å²) in [5.74, 6) is 1.65. The zero-order chi connectivity index (χ0) is 22.5. The summed E-state index contributed by atoms with van der Waals surface area (Å²) in [5.41, 5.74) is 4.94. The summed E-state index contributed by atoms with van der Waals surface area (Å²) in [5, 5.41) is 11.2. The molecule has 3 fully saturated rings. The second-order valence-corrected chi connectivity index (χ2v) is 9.61. The third-order valence-electron chi connectivity index (χ3n) is 6.88. The van der Waals surface area contributed by atoms with Gasteiger partial charge in [-0.2, -0.15) is 0 Å². The molecule has 5 heterocycles. The van der Waals surface area contributed by atoms with E-state index in [1.54, 1.807) is 0 Å². The van der Waals surface area contributed by atoms with Gasteiger partial charge in [0.15, 0.2) is 5.82 Å². The van der Waals surface area contributed by atoms with E-state index in [1.165, 1.54) is 0 Å². The maximum atomic E-state index is 12.2. The first-order valence-corrected chi connectivity index (χ1v) is 11.8. The molecular weight excluding hydrogens is 418 g/mol. The van der Waals surface area contributed by atoms with Crippen molar-refractivity contribution in [3.63, 3.8) is 0 Å². The van der Waals surface area contributed by atoms with E-state index in [2.05, 4.69) is 32.8 Å². The summed E-state index contributed by atoms with van der Waals surface area (Å²) in [6, 6.07) is 6.92. The Labute approximate surface area is 192 Å². The Morgan fingerprint density at radius 2 is 2.00 bits per heavy atom. The molecule has 0 spiro atoms. The lowest BCUT2D eigenvalue weighted by molar-refractivity contribution is -0.117. The van der Waals surface area contributed by atoms with E-state index in [1.807, 2.05) is 36.8 Å². The number of aryl methyl sites for hydroxylation is 2. The standard InChI is InChI=1S/C25H29N5O3/c1-14-7-21(23(11-26-14)33-20-9-18-12-32-13-19(10-20)27-18)17-5-6-30-22(8-17)15(2)24(29-30)28-25(31)16-3-4-16/h5-8,11,16,18-20,27H,3-4,9-10,12-13H2,1-2H3,(H,28,29,31). The molecule has 0 aromatic carbocycles. The fraction of sp³-hybridized carbons (Fsp3) is 0.480. The number of amides is 1. The SMILES string of the molecule is Cc1cc(-c2ccn3nc(NC(=O)C4CC4)c(C)c3c2)c(OC2CC3COCC(C2)N3)cn1. The summed E-state index contributed by atoms with van der Waals surface area (Å²) in [7, 11) is 0. The largest absolute Gasteiger partial charge is 0.488 e. The molecular formula is C25H29N5O3. The Balaban J connectivity index is 1.30. The van der Waals surface area contributed by atoms with Gasteiger partial charge in [0.2, 0.25) is 5.91 Å². The number of morpholine rings is 1. The van der Waals surface area contributed by atoms with Crippen LogP contribution in [0.25, 0.3) is 16.6 Å². The van der Waals surface area contributed by atoms with Crippen LogP contribution in [0.1, 0.15) is 36.9 Å². The summed E-state index contributed by atoms with van der Waals surface area (Å²) in [4.78, 5) is 16.8. The average molecular weight is 448 g/mol. The van der Waals surface area contributed by atoms with Crippen molar-refractivity contribution in [2.24, 2.45) is 5.92 Å². The number of rotatable bonds is 5. The van der Waals surface area contributed by atoms with Crippen molar-refractivity contribution in [1.82, 2.24) is 19.9 Å². The molecule has 33 heavy (non-hydrogen) atoms. The molecule has 1 saturated carbocycles. The van der Waals surface area contributed by atoms with Crippen LogP contribution in [0.5, 0.6) is 5.75 Å². The summed E-state index contributed by atoms with van der Waals surface area (Å²) in [6.45, 7) is 5.48.